The van der Waals surface area contributed by atoms with Crippen molar-refractivity contribution in [3.05, 3.63) is 12.3 Å². The lowest BCUT2D eigenvalue weighted by Gasteiger charge is -2.31. The SMILES string of the molecule is CC1(CO)CCC(N2C=CC(O)NC2=O)O1. The highest BCUT2D eigenvalue weighted by atomic mass is 16.5. The average molecular weight is 228 g/mol. The van der Waals surface area contributed by atoms with Crippen LogP contribution in [0.2, 0.25) is 0 Å². The van der Waals surface area contributed by atoms with E-state index in [2.05, 4.69) is 5.32 Å². The number of rotatable bonds is 2. The van der Waals surface area contributed by atoms with Crippen LogP contribution in [-0.4, -0.2) is 45.8 Å². The number of hydrogen-bond donors (Lipinski definition) is 3. The molecule has 1 saturated heterocycles. The summed E-state index contributed by atoms with van der Waals surface area (Å²) >= 11 is 0. The number of ether oxygens (including phenoxy) is 1. The van der Waals surface area contributed by atoms with E-state index in [4.69, 9.17) is 14.9 Å². The summed E-state index contributed by atoms with van der Waals surface area (Å²) in [5.41, 5.74) is -0.575. The summed E-state index contributed by atoms with van der Waals surface area (Å²) in [5, 5.41) is 20.7. The van der Waals surface area contributed by atoms with Crippen molar-refractivity contribution < 1.29 is 19.7 Å². The van der Waals surface area contributed by atoms with Crippen LogP contribution in [0, 0.1) is 0 Å². The maximum absolute atomic E-state index is 11.6. The quantitative estimate of drug-likeness (QED) is 0.607. The molecule has 0 spiro atoms. The Labute approximate surface area is 93.5 Å². The molecule has 16 heavy (non-hydrogen) atoms. The Morgan fingerprint density at radius 1 is 1.75 bits per heavy atom. The molecule has 0 aliphatic carbocycles. The molecule has 0 bridgehead atoms. The summed E-state index contributed by atoms with van der Waals surface area (Å²) in [6, 6.07) is -0.387. The summed E-state index contributed by atoms with van der Waals surface area (Å²) in [5.74, 6) is 0. The van der Waals surface area contributed by atoms with E-state index in [-0.39, 0.29) is 18.9 Å². The highest BCUT2D eigenvalue weighted by Gasteiger charge is 2.40. The lowest BCUT2D eigenvalue weighted by molar-refractivity contribution is -0.0953. The summed E-state index contributed by atoms with van der Waals surface area (Å²) in [6.07, 6.45) is 3.05. The van der Waals surface area contributed by atoms with Crippen molar-refractivity contribution in [2.24, 2.45) is 0 Å². The van der Waals surface area contributed by atoms with Crippen molar-refractivity contribution in [1.29, 1.82) is 0 Å². The molecular formula is C10H16N2O4. The van der Waals surface area contributed by atoms with Gasteiger partial charge in [0.05, 0.1) is 12.2 Å². The number of urea groups is 1. The molecule has 3 unspecified atom stereocenters. The maximum Gasteiger partial charge on any atom is 0.325 e. The monoisotopic (exact) mass is 228 g/mol. The van der Waals surface area contributed by atoms with Crippen molar-refractivity contribution >= 4 is 6.03 Å². The van der Waals surface area contributed by atoms with Crippen molar-refractivity contribution in [2.75, 3.05) is 6.61 Å². The zero-order valence-electron chi connectivity index (χ0n) is 9.09. The first kappa shape index (κ1) is 11.4. The van der Waals surface area contributed by atoms with Crippen LogP contribution in [0.15, 0.2) is 12.3 Å². The van der Waals surface area contributed by atoms with Gasteiger partial charge in [-0.1, -0.05) is 0 Å². The van der Waals surface area contributed by atoms with E-state index in [1.54, 1.807) is 0 Å². The van der Waals surface area contributed by atoms with E-state index in [1.165, 1.54) is 17.2 Å². The number of nitrogens with zero attached hydrogens (tertiary/aromatic N) is 1. The topological polar surface area (TPSA) is 82.0 Å². The minimum Gasteiger partial charge on any atom is -0.393 e. The predicted molar refractivity (Wildman–Crippen MR) is 55.1 cm³/mol. The van der Waals surface area contributed by atoms with Crippen molar-refractivity contribution in [3.8, 4) is 0 Å². The van der Waals surface area contributed by atoms with Crippen LogP contribution in [0.5, 0.6) is 0 Å². The largest absolute Gasteiger partial charge is 0.393 e. The molecule has 0 radical (unpaired) electrons. The van der Waals surface area contributed by atoms with E-state index < -0.39 is 11.8 Å². The van der Waals surface area contributed by atoms with Gasteiger partial charge in [-0.15, -0.1) is 0 Å². The van der Waals surface area contributed by atoms with Crippen molar-refractivity contribution in [3.63, 3.8) is 0 Å². The fraction of sp³-hybridized carbons (Fsp3) is 0.700. The second-order valence-electron chi connectivity index (χ2n) is 4.36. The van der Waals surface area contributed by atoms with Crippen LogP contribution in [0.4, 0.5) is 4.79 Å². The normalized spacial score (nSPS) is 38.9. The van der Waals surface area contributed by atoms with Gasteiger partial charge in [-0.25, -0.2) is 4.79 Å². The predicted octanol–water partition coefficient (Wildman–Crippen LogP) is -0.269. The van der Waals surface area contributed by atoms with Gasteiger partial charge in [-0.2, -0.15) is 0 Å². The summed E-state index contributed by atoms with van der Waals surface area (Å²) in [6.45, 7) is 1.75. The van der Waals surface area contributed by atoms with Gasteiger partial charge < -0.3 is 20.3 Å². The van der Waals surface area contributed by atoms with Gasteiger partial charge in [-0.3, -0.25) is 4.90 Å². The van der Waals surface area contributed by atoms with Crippen LogP contribution < -0.4 is 5.32 Å². The number of carbonyl (C=O) groups excluding carboxylic acids is 1. The molecular weight excluding hydrogens is 212 g/mol. The Balaban J connectivity index is 2.05. The molecule has 90 valence electrons. The average Bonchev–Trinajstić information content (AvgIpc) is 2.62. The third-order valence-electron chi connectivity index (χ3n) is 2.92. The lowest BCUT2D eigenvalue weighted by atomic mass is 10.0. The Kier molecular flexibility index (Phi) is 2.88. The Hall–Kier alpha value is -1.11. The highest BCUT2D eigenvalue weighted by Crippen LogP contribution is 2.32. The number of nitrogens with one attached hydrogen (secondary N) is 1. The first-order valence-corrected chi connectivity index (χ1v) is 5.28. The molecule has 6 heteroatoms. The molecule has 0 aromatic carbocycles. The highest BCUT2D eigenvalue weighted by molar-refractivity contribution is 5.77. The van der Waals surface area contributed by atoms with Gasteiger partial charge in [0.2, 0.25) is 0 Å². The minimum atomic E-state index is -0.936. The fourth-order valence-electron chi connectivity index (χ4n) is 1.91. The molecule has 2 aliphatic heterocycles. The molecule has 6 nitrogen and oxygen atoms in total. The van der Waals surface area contributed by atoms with Gasteiger partial charge in [0.1, 0.15) is 12.5 Å². The van der Waals surface area contributed by atoms with Gasteiger partial charge in [0, 0.05) is 6.20 Å². The summed E-state index contributed by atoms with van der Waals surface area (Å²) in [4.78, 5) is 12.9. The fourth-order valence-corrected chi connectivity index (χ4v) is 1.91. The number of aliphatic hydroxyl groups excluding tert-OH is 2. The second-order valence-corrected chi connectivity index (χ2v) is 4.36. The second kappa shape index (κ2) is 4.04. The van der Waals surface area contributed by atoms with E-state index >= 15 is 0 Å². The van der Waals surface area contributed by atoms with Gasteiger partial charge in [-0.05, 0) is 25.8 Å². The maximum atomic E-state index is 11.6. The van der Waals surface area contributed by atoms with Crippen LogP contribution in [0.1, 0.15) is 19.8 Å². The third-order valence-corrected chi connectivity index (χ3v) is 2.92. The minimum absolute atomic E-state index is 0.0642. The molecule has 2 rings (SSSR count). The Morgan fingerprint density at radius 2 is 2.50 bits per heavy atom. The van der Waals surface area contributed by atoms with Crippen LogP contribution in [-0.2, 0) is 4.74 Å². The smallest absolute Gasteiger partial charge is 0.325 e. The zero-order valence-corrected chi connectivity index (χ0v) is 9.09. The van der Waals surface area contributed by atoms with E-state index in [1.807, 2.05) is 6.92 Å². The molecule has 2 amide bonds. The zero-order chi connectivity index (χ0) is 11.8. The molecule has 1 fully saturated rings. The first-order chi connectivity index (χ1) is 7.54. The lowest BCUT2D eigenvalue weighted by Crippen LogP contribution is -2.50. The van der Waals surface area contributed by atoms with Gasteiger partial charge in [0.15, 0.2) is 0 Å². The number of hydrogen-bond acceptors (Lipinski definition) is 4. The van der Waals surface area contributed by atoms with Crippen LogP contribution in [0.3, 0.4) is 0 Å². The number of carbonyl (C=O) groups is 1. The van der Waals surface area contributed by atoms with Gasteiger partial charge >= 0.3 is 6.03 Å². The van der Waals surface area contributed by atoms with Crippen molar-refractivity contribution in [1.82, 2.24) is 10.2 Å². The van der Waals surface area contributed by atoms with E-state index in [0.717, 1.165) is 0 Å². The Morgan fingerprint density at radius 3 is 3.06 bits per heavy atom. The molecule has 0 aromatic heterocycles. The van der Waals surface area contributed by atoms with Crippen LogP contribution >= 0.6 is 0 Å². The molecule has 3 N–H and O–H groups in total. The molecule has 0 saturated carbocycles. The molecule has 3 atom stereocenters. The van der Waals surface area contributed by atoms with Crippen molar-refractivity contribution in [2.45, 2.75) is 37.8 Å². The summed E-state index contributed by atoms with van der Waals surface area (Å²) < 4.78 is 5.63. The first-order valence-electron chi connectivity index (χ1n) is 5.28. The molecule has 2 aliphatic rings. The number of aliphatic hydroxyl groups is 2. The number of amides is 2. The molecule has 0 aromatic rings. The standard InChI is InChI=1S/C10H16N2O4/c1-10(6-13)4-2-8(16-10)12-5-3-7(14)11-9(12)15/h3,5,7-8,13-14H,2,4,6H2,1H3,(H,11,15). The van der Waals surface area contributed by atoms with Crippen LogP contribution in [0.25, 0.3) is 0 Å². The van der Waals surface area contributed by atoms with E-state index in [0.29, 0.717) is 12.8 Å². The van der Waals surface area contributed by atoms with E-state index in [9.17, 15) is 4.79 Å². The van der Waals surface area contributed by atoms with Gasteiger partial charge in [0.25, 0.3) is 0 Å². The summed E-state index contributed by atoms with van der Waals surface area (Å²) in [7, 11) is 0. The third kappa shape index (κ3) is 2.04. The molecule has 2 heterocycles. The Bertz CT molecular complexity index is 320.